The van der Waals surface area contributed by atoms with Crippen LogP contribution in [0.5, 0.6) is 5.75 Å². The van der Waals surface area contributed by atoms with Gasteiger partial charge in [0.15, 0.2) is 11.4 Å². The van der Waals surface area contributed by atoms with Crippen molar-refractivity contribution in [1.29, 1.82) is 0 Å². The largest absolute Gasteiger partial charge is 0.503 e. The van der Waals surface area contributed by atoms with E-state index in [9.17, 15) is 19.1 Å². The molecular weight excluding hydrogens is 397 g/mol. The van der Waals surface area contributed by atoms with E-state index in [0.29, 0.717) is 12.1 Å². The van der Waals surface area contributed by atoms with Gasteiger partial charge in [0.05, 0.1) is 6.20 Å². The molecule has 1 amide bonds. The summed E-state index contributed by atoms with van der Waals surface area (Å²) in [5.74, 6) is -1.74. The third-order valence-electron chi connectivity index (χ3n) is 6.12. The van der Waals surface area contributed by atoms with Crippen LogP contribution in [0.25, 0.3) is 0 Å². The van der Waals surface area contributed by atoms with Crippen molar-refractivity contribution in [3.05, 3.63) is 93.7 Å². The Hall–Kier alpha value is -3.48. The van der Waals surface area contributed by atoms with Crippen molar-refractivity contribution in [2.75, 3.05) is 6.54 Å². The van der Waals surface area contributed by atoms with Gasteiger partial charge >= 0.3 is 0 Å². The van der Waals surface area contributed by atoms with E-state index in [1.807, 2.05) is 43.3 Å². The number of H-pyrrole nitrogens is 1. The summed E-state index contributed by atoms with van der Waals surface area (Å²) in [5.41, 5.74) is 0.415. The fraction of sp³-hybridized carbons (Fsp3) is 0.292. The number of nitrogens with zero attached hydrogens (tertiary/aromatic N) is 2. The van der Waals surface area contributed by atoms with Crippen LogP contribution in [0.3, 0.4) is 0 Å². The minimum Gasteiger partial charge on any atom is -0.503 e. The number of aromatic amines is 1. The highest BCUT2D eigenvalue weighted by Crippen LogP contribution is 2.39. The molecule has 2 heterocycles. The molecule has 31 heavy (non-hydrogen) atoms. The predicted octanol–water partition coefficient (Wildman–Crippen LogP) is 3.69. The minimum atomic E-state index is -0.796. The number of hydrogen-bond donors (Lipinski definition) is 2. The van der Waals surface area contributed by atoms with Crippen LogP contribution in [0.15, 0.2) is 65.6 Å². The van der Waals surface area contributed by atoms with Crippen LogP contribution in [0.4, 0.5) is 4.39 Å². The van der Waals surface area contributed by atoms with Crippen LogP contribution in [0.2, 0.25) is 0 Å². The van der Waals surface area contributed by atoms with Crippen LogP contribution in [0.1, 0.15) is 47.3 Å². The Morgan fingerprint density at radius 2 is 1.90 bits per heavy atom. The average molecular weight is 421 g/mol. The molecular formula is C24H24FN3O3. The first-order valence-electron chi connectivity index (χ1n) is 10.4. The second-order valence-electron chi connectivity index (χ2n) is 7.93. The topological polar surface area (TPSA) is 86.3 Å². The summed E-state index contributed by atoms with van der Waals surface area (Å²) < 4.78 is 14.8. The molecule has 1 saturated heterocycles. The Kier molecular flexibility index (Phi) is 5.84. The zero-order chi connectivity index (χ0) is 22.0. The molecule has 0 radical (unpaired) electrons. The molecule has 2 aromatic carbocycles. The van der Waals surface area contributed by atoms with Gasteiger partial charge in [-0.05, 0) is 36.0 Å². The van der Waals surface area contributed by atoms with E-state index in [-0.39, 0.29) is 29.4 Å². The second kappa shape index (κ2) is 8.71. The van der Waals surface area contributed by atoms with Crippen LogP contribution in [-0.4, -0.2) is 38.7 Å². The number of carbonyl (C=O) groups is 1. The number of carbonyl (C=O) groups excluding carboxylic acids is 1. The number of aromatic hydroxyl groups is 1. The minimum absolute atomic E-state index is 0.123. The Labute approximate surface area is 179 Å². The van der Waals surface area contributed by atoms with Gasteiger partial charge in [0.2, 0.25) is 0 Å². The molecule has 160 valence electrons. The fourth-order valence-electron chi connectivity index (χ4n) is 4.64. The maximum absolute atomic E-state index is 14.8. The van der Waals surface area contributed by atoms with E-state index >= 15 is 0 Å². The lowest BCUT2D eigenvalue weighted by Crippen LogP contribution is -2.43. The van der Waals surface area contributed by atoms with Gasteiger partial charge in [-0.1, -0.05) is 55.5 Å². The molecule has 0 bridgehead atoms. The number of nitrogens with one attached hydrogen (secondary N) is 1. The van der Waals surface area contributed by atoms with E-state index in [2.05, 4.69) is 10.2 Å². The number of hydrogen-bond acceptors (Lipinski definition) is 4. The maximum Gasteiger partial charge on any atom is 0.278 e. The van der Waals surface area contributed by atoms with Crippen molar-refractivity contribution in [2.45, 2.75) is 31.7 Å². The highest BCUT2D eigenvalue weighted by Gasteiger charge is 2.39. The number of aromatic nitrogens is 2. The molecule has 2 N–H and O–H groups in total. The van der Waals surface area contributed by atoms with Crippen molar-refractivity contribution >= 4 is 5.91 Å². The first-order valence-corrected chi connectivity index (χ1v) is 10.4. The molecule has 1 fully saturated rings. The molecule has 1 aromatic heterocycles. The van der Waals surface area contributed by atoms with Crippen molar-refractivity contribution < 1.29 is 14.3 Å². The van der Waals surface area contributed by atoms with E-state index in [1.54, 1.807) is 17.0 Å². The summed E-state index contributed by atoms with van der Waals surface area (Å²) >= 11 is 0. The summed E-state index contributed by atoms with van der Waals surface area (Å²) in [4.78, 5) is 27.0. The zero-order valence-corrected chi connectivity index (χ0v) is 17.2. The van der Waals surface area contributed by atoms with Gasteiger partial charge < -0.3 is 10.0 Å². The second-order valence-corrected chi connectivity index (χ2v) is 7.93. The van der Waals surface area contributed by atoms with Crippen molar-refractivity contribution in [1.82, 2.24) is 15.1 Å². The third-order valence-corrected chi connectivity index (χ3v) is 6.12. The first kappa shape index (κ1) is 20.8. The summed E-state index contributed by atoms with van der Waals surface area (Å²) in [5, 5.41) is 15.9. The zero-order valence-electron chi connectivity index (χ0n) is 17.2. The standard InChI is InChI=1S/C24H24FN3O3/c1-15(21(16-8-3-2-4-9-16)17-10-5-6-11-18(17)25)19-12-7-13-28(19)24(31)22-23(30)20(29)14-26-27-22/h2-6,8-11,14-15,19,21H,7,12-13H2,1H3,(H,26,30)(H,27,29)/t15-,19+,21+/m0/s1. The molecule has 3 aromatic rings. The summed E-state index contributed by atoms with van der Waals surface area (Å²) in [6.07, 6.45) is 2.56. The first-order chi connectivity index (χ1) is 15.0. The Bertz CT molecular complexity index is 1130. The van der Waals surface area contributed by atoms with E-state index in [4.69, 9.17) is 0 Å². The maximum atomic E-state index is 14.8. The van der Waals surface area contributed by atoms with Crippen molar-refractivity contribution in [3.8, 4) is 5.75 Å². The number of likely N-dealkylation sites (tertiary alicyclic amines) is 1. The van der Waals surface area contributed by atoms with E-state index in [1.165, 1.54) is 6.07 Å². The number of amides is 1. The van der Waals surface area contributed by atoms with E-state index in [0.717, 1.165) is 24.6 Å². The number of benzene rings is 2. The molecule has 1 aliphatic heterocycles. The quantitative estimate of drug-likeness (QED) is 0.658. The van der Waals surface area contributed by atoms with Crippen LogP contribution >= 0.6 is 0 Å². The Morgan fingerprint density at radius 1 is 1.19 bits per heavy atom. The summed E-state index contributed by atoms with van der Waals surface area (Å²) in [7, 11) is 0. The van der Waals surface area contributed by atoms with Crippen molar-refractivity contribution in [3.63, 3.8) is 0 Å². The molecule has 0 spiro atoms. The Morgan fingerprint density at radius 3 is 2.65 bits per heavy atom. The molecule has 0 saturated carbocycles. The normalized spacial score (nSPS) is 18.0. The molecule has 0 unspecified atom stereocenters. The monoisotopic (exact) mass is 421 g/mol. The highest BCUT2D eigenvalue weighted by molar-refractivity contribution is 5.92. The van der Waals surface area contributed by atoms with Gasteiger partial charge in [-0.2, -0.15) is 5.10 Å². The number of halogens is 1. The van der Waals surface area contributed by atoms with Crippen LogP contribution < -0.4 is 5.43 Å². The average Bonchev–Trinajstić information content (AvgIpc) is 3.27. The lowest BCUT2D eigenvalue weighted by molar-refractivity contribution is 0.0676. The smallest absolute Gasteiger partial charge is 0.278 e. The highest BCUT2D eigenvalue weighted by atomic mass is 19.1. The lowest BCUT2D eigenvalue weighted by Gasteiger charge is -2.35. The molecule has 3 atom stereocenters. The fourth-order valence-corrected chi connectivity index (χ4v) is 4.64. The van der Waals surface area contributed by atoms with E-state index < -0.39 is 17.1 Å². The Balaban J connectivity index is 1.72. The molecule has 6 nitrogen and oxygen atoms in total. The third kappa shape index (κ3) is 3.95. The lowest BCUT2D eigenvalue weighted by atomic mass is 9.77. The van der Waals surface area contributed by atoms with Crippen molar-refractivity contribution in [2.24, 2.45) is 5.92 Å². The molecule has 0 aliphatic carbocycles. The van der Waals surface area contributed by atoms with Gasteiger partial charge in [0.25, 0.3) is 11.3 Å². The molecule has 4 rings (SSSR count). The summed E-state index contributed by atoms with van der Waals surface area (Å²) in [6.45, 7) is 2.49. The van der Waals surface area contributed by atoms with Crippen LogP contribution in [-0.2, 0) is 0 Å². The van der Waals surface area contributed by atoms with Gasteiger partial charge in [-0.3, -0.25) is 14.7 Å². The molecule has 7 heteroatoms. The molecule has 1 aliphatic rings. The van der Waals surface area contributed by atoms with Gasteiger partial charge in [-0.15, -0.1) is 0 Å². The van der Waals surface area contributed by atoms with Gasteiger partial charge in [0.1, 0.15) is 5.82 Å². The SMILES string of the molecule is C[C@H]([C@H](c1ccccc1)c1ccccc1F)[C@H]1CCCN1C(=O)c1n[nH]cc(O)c1=O. The number of rotatable bonds is 5. The predicted molar refractivity (Wildman–Crippen MR) is 114 cm³/mol. The van der Waals surface area contributed by atoms with Gasteiger partial charge in [-0.25, -0.2) is 4.39 Å². The van der Waals surface area contributed by atoms with Crippen LogP contribution in [0, 0.1) is 11.7 Å². The van der Waals surface area contributed by atoms with Gasteiger partial charge in [0, 0.05) is 18.5 Å². The summed E-state index contributed by atoms with van der Waals surface area (Å²) in [6, 6.07) is 16.2.